The van der Waals surface area contributed by atoms with Crippen molar-refractivity contribution in [3.8, 4) is 0 Å². The van der Waals surface area contributed by atoms with Gasteiger partial charge in [-0.05, 0) is 12.5 Å². The van der Waals surface area contributed by atoms with Crippen LogP contribution in [0.4, 0.5) is 0 Å². The van der Waals surface area contributed by atoms with Crippen molar-refractivity contribution < 1.29 is 9.59 Å². The van der Waals surface area contributed by atoms with E-state index in [2.05, 4.69) is 6.92 Å². The van der Waals surface area contributed by atoms with Crippen LogP contribution in [0.2, 0.25) is 0 Å². The predicted molar refractivity (Wildman–Crippen MR) is 70.7 cm³/mol. The van der Waals surface area contributed by atoms with Crippen molar-refractivity contribution in [2.24, 2.45) is 5.92 Å². The van der Waals surface area contributed by atoms with Gasteiger partial charge < -0.3 is 4.90 Å². The van der Waals surface area contributed by atoms with Crippen LogP contribution in [0.25, 0.3) is 0 Å². The van der Waals surface area contributed by atoms with E-state index in [4.69, 9.17) is 0 Å². The lowest BCUT2D eigenvalue weighted by molar-refractivity contribution is 0.0763. The van der Waals surface area contributed by atoms with Gasteiger partial charge in [0.2, 0.25) is 0 Å². The van der Waals surface area contributed by atoms with E-state index < -0.39 is 0 Å². The van der Waals surface area contributed by atoms with Gasteiger partial charge in [0.1, 0.15) is 0 Å². The standard InChI is InChI=1S/C15H19NO2/c1-3-4-7-11-10-16(2)15(18)13-9-6-5-8-12(13)14(11)17/h5-6,8-9,11H,3-4,7,10H2,1-2H3. The minimum absolute atomic E-state index is 0.0436. The van der Waals surface area contributed by atoms with Gasteiger partial charge in [0.25, 0.3) is 5.91 Å². The molecule has 1 aromatic rings. The van der Waals surface area contributed by atoms with Gasteiger partial charge >= 0.3 is 0 Å². The number of fused-ring (bicyclic) bond motifs is 1. The highest BCUT2D eigenvalue weighted by molar-refractivity contribution is 6.10. The van der Waals surface area contributed by atoms with E-state index in [1.54, 1.807) is 24.1 Å². The highest BCUT2D eigenvalue weighted by Gasteiger charge is 2.31. The molecular formula is C15H19NO2. The molecule has 1 unspecified atom stereocenters. The molecule has 0 N–H and O–H groups in total. The van der Waals surface area contributed by atoms with E-state index in [0.29, 0.717) is 17.7 Å². The third-order valence-electron chi connectivity index (χ3n) is 3.54. The van der Waals surface area contributed by atoms with E-state index in [1.807, 2.05) is 12.1 Å². The number of carbonyl (C=O) groups excluding carboxylic acids is 2. The first-order valence-electron chi connectivity index (χ1n) is 6.53. The molecule has 0 spiro atoms. The van der Waals surface area contributed by atoms with Crippen LogP contribution in [0.1, 0.15) is 46.9 Å². The molecule has 3 nitrogen and oxygen atoms in total. The fraction of sp³-hybridized carbons (Fsp3) is 0.467. The summed E-state index contributed by atoms with van der Waals surface area (Å²) in [5.41, 5.74) is 1.14. The van der Waals surface area contributed by atoms with Crippen molar-refractivity contribution in [2.45, 2.75) is 26.2 Å². The fourth-order valence-electron chi connectivity index (χ4n) is 2.48. The molecule has 0 aromatic heterocycles. The molecular weight excluding hydrogens is 226 g/mol. The molecule has 96 valence electrons. The summed E-state index contributed by atoms with van der Waals surface area (Å²) >= 11 is 0. The number of hydrogen-bond acceptors (Lipinski definition) is 2. The molecule has 1 atom stereocenters. The van der Waals surface area contributed by atoms with Gasteiger partial charge in [0, 0.05) is 25.1 Å². The van der Waals surface area contributed by atoms with Crippen LogP contribution in [0.15, 0.2) is 24.3 Å². The fourth-order valence-corrected chi connectivity index (χ4v) is 2.48. The van der Waals surface area contributed by atoms with Crippen LogP contribution in [0.5, 0.6) is 0 Å². The van der Waals surface area contributed by atoms with Gasteiger partial charge in [-0.3, -0.25) is 9.59 Å². The molecule has 1 heterocycles. The molecule has 1 aromatic carbocycles. The van der Waals surface area contributed by atoms with Crippen molar-refractivity contribution in [2.75, 3.05) is 13.6 Å². The predicted octanol–water partition coefficient (Wildman–Crippen LogP) is 2.76. The molecule has 1 amide bonds. The molecule has 3 heteroatoms. The third kappa shape index (κ3) is 2.30. The molecule has 0 bridgehead atoms. The Balaban J connectivity index is 2.37. The van der Waals surface area contributed by atoms with Crippen molar-refractivity contribution >= 4 is 11.7 Å². The monoisotopic (exact) mass is 245 g/mol. The number of nitrogens with zero attached hydrogens (tertiary/aromatic N) is 1. The smallest absolute Gasteiger partial charge is 0.254 e. The van der Waals surface area contributed by atoms with Gasteiger partial charge in [-0.25, -0.2) is 0 Å². The number of carbonyl (C=O) groups is 2. The topological polar surface area (TPSA) is 37.4 Å². The second kappa shape index (κ2) is 5.34. The average molecular weight is 245 g/mol. The zero-order valence-electron chi connectivity index (χ0n) is 11.0. The maximum absolute atomic E-state index is 12.5. The third-order valence-corrected chi connectivity index (χ3v) is 3.54. The summed E-state index contributed by atoms with van der Waals surface area (Å²) in [6, 6.07) is 7.15. The second-order valence-corrected chi connectivity index (χ2v) is 4.93. The summed E-state index contributed by atoms with van der Waals surface area (Å²) in [5, 5.41) is 0. The summed E-state index contributed by atoms with van der Waals surface area (Å²) in [6.45, 7) is 2.65. The first-order chi connectivity index (χ1) is 8.65. The Morgan fingerprint density at radius 1 is 1.22 bits per heavy atom. The van der Waals surface area contributed by atoms with E-state index >= 15 is 0 Å². The van der Waals surface area contributed by atoms with E-state index in [1.165, 1.54) is 0 Å². The minimum Gasteiger partial charge on any atom is -0.341 e. The summed E-state index contributed by atoms with van der Waals surface area (Å²) < 4.78 is 0. The summed E-state index contributed by atoms with van der Waals surface area (Å²) in [7, 11) is 1.77. The summed E-state index contributed by atoms with van der Waals surface area (Å²) in [4.78, 5) is 26.3. The molecule has 0 saturated heterocycles. The molecule has 0 fully saturated rings. The Kier molecular flexibility index (Phi) is 3.80. The SMILES string of the molecule is CCCCC1CN(C)C(=O)c2ccccc2C1=O. The first-order valence-corrected chi connectivity index (χ1v) is 6.53. The molecule has 18 heavy (non-hydrogen) atoms. The Hall–Kier alpha value is -1.64. The van der Waals surface area contributed by atoms with Crippen molar-refractivity contribution in [1.82, 2.24) is 4.90 Å². The van der Waals surface area contributed by atoms with E-state index in [-0.39, 0.29) is 17.6 Å². The number of Topliss-reactive ketones (excluding diaryl/α,β-unsaturated/α-hetero) is 1. The van der Waals surface area contributed by atoms with Crippen molar-refractivity contribution in [3.63, 3.8) is 0 Å². The average Bonchev–Trinajstić information content (AvgIpc) is 2.48. The largest absolute Gasteiger partial charge is 0.341 e. The second-order valence-electron chi connectivity index (χ2n) is 4.93. The van der Waals surface area contributed by atoms with Crippen LogP contribution in [0, 0.1) is 5.92 Å². The van der Waals surface area contributed by atoms with Crippen LogP contribution >= 0.6 is 0 Å². The number of amides is 1. The highest BCUT2D eigenvalue weighted by atomic mass is 16.2. The molecule has 1 aliphatic rings. The number of hydrogen-bond donors (Lipinski definition) is 0. The zero-order chi connectivity index (χ0) is 13.1. The first kappa shape index (κ1) is 12.8. The van der Waals surface area contributed by atoms with Crippen molar-refractivity contribution in [1.29, 1.82) is 0 Å². The Labute approximate surface area is 108 Å². The molecule has 0 saturated carbocycles. The van der Waals surface area contributed by atoms with E-state index in [0.717, 1.165) is 19.3 Å². The number of unbranched alkanes of at least 4 members (excludes halogenated alkanes) is 1. The normalized spacial score (nSPS) is 19.7. The number of ketones is 1. The van der Waals surface area contributed by atoms with E-state index in [9.17, 15) is 9.59 Å². The zero-order valence-corrected chi connectivity index (χ0v) is 11.0. The lowest BCUT2D eigenvalue weighted by atomic mass is 9.92. The summed E-state index contributed by atoms with van der Waals surface area (Å²) in [5.74, 6) is 0.0252. The molecule has 2 rings (SSSR count). The maximum Gasteiger partial charge on any atom is 0.254 e. The Bertz CT molecular complexity index is 467. The minimum atomic E-state index is -0.0532. The van der Waals surface area contributed by atoms with Crippen LogP contribution in [-0.4, -0.2) is 30.2 Å². The quantitative estimate of drug-likeness (QED) is 0.821. The van der Waals surface area contributed by atoms with Gasteiger partial charge in [-0.2, -0.15) is 0 Å². The molecule has 0 aliphatic carbocycles. The van der Waals surface area contributed by atoms with Gasteiger partial charge in [-0.15, -0.1) is 0 Å². The Morgan fingerprint density at radius 3 is 2.56 bits per heavy atom. The summed E-state index contributed by atoms with van der Waals surface area (Å²) in [6.07, 6.45) is 2.96. The van der Waals surface area contributed by atoms with Gasteiger partial charge in [-0.1, -0.05) is 38.0 Å². The number of rotatable bonds is 3. The maximum atomic E-state index is 12.5. The lowest BCUT2D eigenvalue weighted by Gasteiger charge is -2.19. The Morgan fingerprint density at radius 2 is 1.89 bits per heavy atom. The van der Waals surface area contributed by atoms with Gasteiger partial charge in [0.05, 0.1) is 5.56 Å². The lowest BCUT2D eigenvalue weighted by Crippen LogP contribution is -2.31. The van der Waals surface area contributed by atoms with Crippen molar-refractivity contribution in [3.05, 3.63) is 35.4 Å². The van der Waals surface area contributed by atoms with Crippen LogP contribution in [0.3, 0.4) is 0 Å². The van der Waals surface area contributed by atoms with Crippen LogP contribution < -0.4 is 0 Å². The number of benzene rings is 1. The molecule has 0 radical (unpaired) electrons. The highest BCUT2D eigenvalue weighted by Crippen LogP contribution is 2.24. The molecule has 1 aliphatic heterocycles. The van der Waals surface area contributed by atoms with Crippen LogP contribution in [-0.2, 0) is 0 Å². The van der Waals surface area contributed by atoms with Gasteiger partial charge in [0.15, 0.2) is 5.78 Å².